The highest BCUT2D eigenvalue weighted by atomic mass is 16.5. The van der Waals surface area contributed by atoms with Crippen LogP contribution in [0.1, 0.15) is 17.8 Å². The fraction of sp³-hybridized carbons (Fsp3) is 0.688. The van der Waals surface area contributed by atoms with Crippen LogP contribution in [0.5, 0.6) is 5.75 Å². The molecule has 1 aliphatic rings. The van der Waals surface area contributed by atoms with E-state index in [1.165, 1.54) is 6.07 Å². The zero-order chi connectivity index (χ0) is 16.1. The van der Waals surface area contributed by atoms with E-state index in [0.717, 1.165) is 51.5 Å². The lowest BCUT2D eigenvalue weighted by Crippen LogP contribution is -2.37. The number of aromatic hydroxyl groups is 1. The maximum atomic E-state index is 11.8. The van der Waals surface area contributed by atoms with Gasteiger partial charge in [0.25, 0.3) is 0 Å². The summed E-state index contributed by atoms with van der Waals surface area (Å²) in [6.45, 7) is 7.89. The van der Waals surface area contributed by atoms with Crippen LogP contribution in [0, 0.1) is 6.92 Å². The molecule has 1 N–H and O–H groups in total. The van der Waals surface area contributed by atoms with E-state index in [0.29, 0.717) is 12.2 Å². The number of pyridine rings is 1. The quantitative estimate of drug-likeness (QED) is 0.836. The van der Waals surface area contributed by atoms with Gasteiger partial charge in [0.1, 0.15) is 0 Å². The lowest BCUT2D eigenvalue weighted by atomic mass is 10.2. The standard InChI is InChI=1S/C16H27N3O3/c1-13-11-15(20)16(21)14(12-17(2)3)19(13)6-4-5-18-7-9-22-10-8-18/h11,21H,4-10,12H2,1-3H3. The Morgan fingerprint density at radius 3 is 2.59 bits per heavy atom. The van der Waals surface area contributed by atoms with E-state index in [4.69, 9.17) is 4.74 Å². The van der Waals surface area contributed by atoms with Gasteiger partial charge in [-0.05, 0) is 27.4 Å². The third-order valence-electron chi connectivity index (χ3n) is 4.02. The SMILES string of the molecule is Cc1cc(=O)c(O)c(CN(C)C)n1CCCN1CCOCC1. The van der Waals surface area contributed by atoms with E-state index in [9.17, 15) is 9.90 Å². The normalized spacial score (nSPS) is 16.4. The monoisotopic (exact) mass is 309 g/mol. The molecular weight excluding hydrogens is 282 g/mol. The minimum atomic E-state index is -0.293. The van der Waals surface area contributed by atoms with Crippen LogP contribution in [0.2, 0.25) is 0 Å². The minimum Gasteiger partial charge on any atom is -0.503 e. The van der Waals surface area contributed by atoms with Gasteiger partial charge in [0.05, 0.1) is 18.9 Å². The number of aryl methyl sites for hydroxylation is 1. The minimum absolute atomic E-state index is 0.120. The molecule has 1 aromatic rings. The Morgan fingerprint density at radius 1 is 1.27 bits per heavy atom. The van der Waals surface area contributed by atoms with Crippen molar-refractivity contribution in [1.29, 1.82) is 0 Å². The lowest BCUT2D eigenvalue weighted by Gasteiger charge is -2.27. The Morgan fingerprint density at radius 2 is 1.95 bits per heavy atom. The summed E-state index contributed by atoms with van der Waals surface area (Å²) in [6, 6.07) is 1.52. The average Bonchev–Trinajstić information content (AvgIpc) is 2.48. The Hall–Kier alpha value is -1.37. The number of hydrogen-bond donors (Lipinski definition) is 1. The third-order valence-corrected chi connectivity index (χ3v) is 4.02. The molecule has 0 spiro atoms. The maximum absolute atomic E-state index is 11.8. The molecule has 124 valence electrons. The highest BCUT2D eigenvalue weighted by Crippen LogP contribution is 2.16. The first-order valence-corrected chi connectivity index (χ1v) is 7.86. The fourth-order valence-electron chi connectivity index (χ4n) is 2.87. The smallest absolute Gasteiger partial charge is 0.223 e. The van der Waals surface area contributed by atoms with Crippen LogP contribution in [0.4, 0.5) is 0 Å². The van der Waals surface area contributed by atoms with Crippen molar-refractivity contribution in [2.75, 3.05) is 46.9 Å². The van der Waals surface area contributed by atoms with E-state index >= 15 is 0 Å². The molecule has 0 amide bonds. The van der Waals surface area contributed by atoms with Gasteiger partial charge in [-0.25, -0.2) is 0 Å². The van der Waals surface area contributed by atoms with Crippen molar-refractivity contribution in [2.45, 2.75) is 26.4 Å². The van der Waals surface area contributed by atoms with Crippen molar-refractivity contribution >= 4 is 0 Å². The molecule has 0 aliphatic carbocycles. The molecule has 1 aliphatic heterocycles. The molecule has 2 heterocycles. The second-order valence-corrected chi connectivity index (χ2v) is 6.14. The molecule has 1 fully saturated rings. The van der Waals surface area contributed by atoms with Gasteiger partial charge in [-0.3, -0.25) is 9.69 Å². The number of morpholine rings is 1. The molecule has 6 nitrogen and oxygen atoms in total. The van der Waals surface area contributed by atoms with Crippen molar-refractivity contribution in [2.24, 2.45) is 0 Å². The highest BCUT2D eigenvalue weighted by Gasteiger charge is 2.15. The second kappa shape index (κ2) is 7.76. The number of aromatic nitrogens is 1. The van der Waals surface area contributed by atoms with Crippen LogP contribution in [-0.2, 0) is 17.8 Å². The molecule has 0 aromatic carbocycles. The van der Waals surface area contributed by atoms with E-state index in [2.05, 4.69) is 9.47 Å². The summed E-state index contributed by atoms with van der Waals surface area (Å²) in [5.74, 6) is -0.120. The second-order valence-electron chi connectivity index (χ2n) is 6.14. The van der Waals surface area contributed by atoms with Gasteiger partial charge in [0.15, 0.2) is 5.75 Å². The van der Waals surface area contributed by atoms with Crippen molar-refractivity contribution in [3.05, 3.63) is 27.7 Å². The van der Waals surface area contributed by atoms with Crippen LogP contribution in [0.25, 0.3) is 0 Å². The number of rotatable bonds is 6. The van der Waals surface area contributed by atoms with Gasteiger partial charge in [0.2, 0.25) is 5.43 Å². The van der Waals surface area contributed by atoms with Crippen LogP contribution in [0.3, 0.4) is 0 Å². The Balaban J connectivity index is 2.08. The molecule has 0 saturated carbocycles. The van der Waals surface area contributed by atoms with Gasteiger partial charge in [-0.1, -0.05) is 0 Å². The Bertz CT molecular complexity index is 548. The molecule has 0 atom stereocenters. The van der Waals surface area contributed by atoms with Crippen molar-refractivity contribution < 1.29 is 9.84 Å². The van der Waals surface area contributed by atoms with Crippen LogP contribution in [-0.4, -0.2) is 66.4 Å². The Kier molecular flexibility index (Phi) is 5.99. The first kappa shape index (κ1) is 17.0. The van der Waals surface area contributed by atoms with Crippen molar-refractivity contribution in [3.63, 3.8) is 0 Å². The van der Waals surface area contributed by atoms with E-state index in [-0.39, 0.29) is 11.2 Å². The fourth-order valence-corrected chi connectivity index (χ4v) is 2.87. The lowest BCUT2D eigenvalue weighted by molar-refractivity contribution is 0.0368. The predicted molar refractivity (Wildman–Crippen MR) is 86.4 cm³/mol. The number of hydrogen-bond acceptors (Lipinski definition) is 5. The molecular formula is C16H27N3O3. The van der Waals surface area contributed by atoms with Gasteiger partial charge in [0, 0.05) is 44.5 Å². The van der Waals surface area contributed by atoms with Crippen LogP contribution in [0.15, 0.2) is 10.9 Å². The topological polar surface area (TPSA) is 57.9 Å². The number of ether oxygens (including phenoxy) is 1. The van der Waals surface area contributed by atoms with E-state index in [1.54, 1.807) is 0 Å². The molecule has 0 radical (unpaired) electrons. The largest absolute Gasteiger partial charge is 0.503 e. The average molecular weight is 309 g/mol. The zero-order valence-electron chi connectivity index (χ0n) is 13.8. The highest BCUT2D eigenvalue weighted by molar-refractivity contribution is 5.29. The van der Waals surface area contributed by atoms with Crippen molar-refractivity contribution in [3.8, 4) is 5.75 Å². The first-order chi connectivity index (χ1) is 10.5. The summed E-state index contributed by atoms with van der Waals surface area (Å²) < 4.78 is 7.42. The van der Waals surface area contributed by atoms with Gasteiger partial charge in [-0.2, -0.15) is 0 Å². The van der Waals surface area contributed by atoms with Gasteiger partial charge in [-0.15, -0.1) is 0 Å². The van der Waals surface area contributed by atoms with Crippen LogP contribution < -0.4 is 5.43 Å². The van der Waals surface area contributed by atoms with Crippen molar-refractivity contribution in [1.82, 2.24) is 14.4 Å². The molecule has 22 heavy (non-hydrogen) atoms. The summed E-state index contributed by atoms with van der Waals surface area (Å²) in [6.07, 6.45) is 0.990. The zero-order valence-corrected chi connectivity index (χ0v) is 13.8. The van der Waals surface area contributed by atoms with E-state index in [1.807, 2.05) is 25.9 Å². The van der Waals surface area contributed by atoms with Gasteiger partial charge < -0.3 is 19.3 Å². The molecule has 0 bridgehead atoms. The molecule has 1 aromatic heterocycles. The predicted octanol–water partition coefficient (Wildman–Crippen LogP) is 0.646. The summed E-state index contributed by atoms with van der Waals surface area (Å²) in [7, 11) is 3.87. The molecule has 2 rings (SSSR count). The third kappa shape index (κ3) is 4.32. The van der Waals surface area contributed by atoms with Gasteiger partial charge >= 0.3 is 0 Å². The summed E-state index contributed by atoms with van der Waals surface area (Å²) >= 11 is 0. The molecule has 6 heteroatoms. The molecule has 1 saturated heterocycles. The molecule has 0 unspecified atom stereocenters. The summed E-state index contributed by atoms with van der Waals surface area (Å²) in [5, 5.41) is 10.1. The summed E-state index contributed by atoms with van der Waals surface area (Å²) in [4.78, 5) is 16.2. The van der Waals surface area contributed by atoms with Crippen LogP contribution >= 0.6 is 0 Å². The summed E-state index contributed by atoms with van der Waals surface area (Å²) in [5.41, 5.74) is 1.32. The van der Waals surface area contributed by atoms with E-state index < -0.39 is 0 Å². The maximum Gasteiger partial charge on any atom is 0.223 e. The number of nitrogens with zero attached hydrogens (tertiary/aromatic N) is 3. The first-order valence-electron chi connectivity index (χ1n) is 7.86. The Labute approximate surface area is 131 Å².